The zero-order chi connectivity index (χ0) is 19.1. The third-order valence-electron chi connectivity index (χ3n) is 3.68. The van der Waals surface area contributed by atoms with Crippen LogP contribution in [0.5, 0.6) is 5.75 Å². The van der Waals surface area contributed by atoms with E-state index in [1.165, 1.54) is 11.3 Å². The van der Waals surface area contributed by atoms with Crippen LogP contribution in [0.15, 0.2) is 66.0 Å². The van der Waals surface area contributed by atoms with Crippen molar-refractivity contribution in [2.75, 3.05) is 18.5 Å². The lowest BCUT2D eigenvalue weighted by molar-refractivity contribution is 0.0450. The molecule has 1 N–H and O–H groups in total. The number of hydrogen-bond donors (Lipinski definition) is 1. The number of hydrogen-bond acceptors (Lipinski definition) is 5. The molecule has 27 heavy (non-hydrogen) atoms. The highest BCUT2D eigenvalue weighted by Crippen LogP contribution is 2.16. The van der Waals surface area contributed by atoms with E-state index in [9.17, 15) is 9.59 Å². The van der Waals surface area contributed by atoms with Gasteiger partial charge in [-0.1, -0.05) is 24.3 Å². The fourth-order valence-corrected chi connectivity index (χ4v) is 3.03. The average molecular weight is 381 g/mol. The molecule has 1 heterocycles. The normalized spacial score (nSPS) is 10.3. The van der Waals surface area contributed by atoms with Gasteiger partial charge in [-0.2, -0.15) is 0 Å². The van der Waals surface area contributed by atoms with Crippen molar-refractivity contribution >= 4 is 28.9 Å². The fraction of sp³-hybridized carbons (Fsp3) is 0.143. The number of rotatable bonds is 7. The summed E-state index contributed by atoms with van der Waals surface area (Å²) in [5.41, 5.74) is 2.01. The highest BCUT2D eigenvalue weighted by molar-refractivity contribution is 7.12. The summed E-state index contributed by atoms with van der Waals surface area (Å²) in [6.07, 6.45) is 0. The molecule has 0 aliphatic heterocycles. The third kappa shape index (κ3) is 5.43. The van der Waals surface area contributed by atoms with Crippen LogP contribution in [0.3, 0.4) is 0 Å². The standard InChI is InChI=1S/C21H19NO4S/c1-15-5-2-8-18(13-15)25-10-11-26-21(24)16-6-3-7-17(14-16)22-20(23)19-9-4-12-27-19/h2-9,12-14H,10-11H2,1H3,(H,22,23). The summed E-state index contributed by atoms with van der Waals surface area (Å²) in [6, 6.07) is 17.9. The molecule has 5 nitrogen and oxygen atoms in total. The number of ether oxygens (including phenoxy) is 2. The predicted octanol–water partition coefficient (Wildman–Crippen LogP) is 4.54. The number of carbonyl (C=O) groups excluding carboxylic acids is 2. The summed E-state index contributed by atoms with van der Waals surface area (Å²) >= 11 is 1.36. The Morgan fingerprint density at radius 2 is 1.85 bits per heavy atom. The van der Waals surface area contributed by atoms with Crippen LogP contribution in [-0.4, -0.2) is 25.1 Å². The molecule has 0 radical (unpaired) electrons. The third-order valence-corrected chi connectivity index (χ3v) is 4.54. The summed E-state index contributed by atoms with van der Waals surface area (Å²) in [5.74, 6) is 0.0708. The summed E-state index contributed by atoms with van der Waals surface area (Å²) < 4.78 is 10.8. The largest absolute Gasteiger partial charge is 0.490 e. The van der Waals surface area contributed by atoms with Crippen LogP contribution < -0.4 is 10.1 Å². The molecule has 138 valence electrons. The van der Waals surface area contributed by atoms with Crippen LogP contribution in [0.1, 0.15) is 25.6 Å². The molecule has 1 amide bonds. The maximum atomic E-state index is 12.2. The number of amides is 1. The highest BCUT2D eigenvalue weighted by Gasteiger charge is 2.11. The van der Waals surface area contributed by atoms with Crippen molar-refractivity contribution in [3.05, 3.63) is 82.0 Å². The molecule has 3 rings (SSSR count). The van der Waals surface area contributed by atoms with Gasteiger partial charge in [0.25, 0.3) is 5.91 Å². The van der Waals surface area contributed by atoms with Crippen molar-refractivity contribution in [3.63, 3.8) is 0 Å². The van der Waals surface area contributed by atoms with Gasteiger partial charge < -0.3 is 14.8 Å². The predicted molar refractivity (Wildman–Crippen MR) is 106 cm³/mol. The molecule has 0 saturated heterocycles. The van der Waals surface area contributed by atoms with E-state index < -0.39 is 5.97 Å². The lowest BCUT2D eigenvalue weighted by Gasteiger charge is -2.09. The highest BCUT2D eigenvalue weighted by atomic mass is 32.1. The first-order valence-corrected chi connectivity index (χ1v) is 9.31. The van der Waals surface area contributed by atoms with Gasteiger partial charge in [0.05, 0.1) is 10.4 Å². The SMILES string of the molecule is Cc1cccc(OCCOC(=O)c2cccc(NC(=O)c3cccs3)c2)c1. The van der Waals surface area contributed by atoms with Crippen LogP contribution in [0.2, 0.25) is 0 Å². The minimum absolute atomic E-state index is 0.137. The number of aryl methyl sites for hydroxylation is 1. The average Bonchev–Trinajstić information content (AvgIpc) is 3.20. The monoisotopic (exact) mass is 381 g/mol. The first kappa shape index (κ1) is 18.7. The van der Waals surface area contributed by atoms with E-state index in [-0.39, 0.29) is 19.1 Å². The van der Waals surface area contributed by atoms with Crippen LogP contribution in [0, 0.1) is 6.92 Å². The van der Waals surface area contributed by atoms with Gasteiger partial charge in [0.2, 0.25) is 0 Å². The Balaban J connectivity index is 1.50. The maximum absolute atomic E-state index is 12.2. The second-order valence-electron chi connectivity index (χ2n) is 5.81. The van der Waals surface area contributed by atoms with Gasteiger partial charge in [-0.3, -0.25) is 4.79 Å². The fourth-order valence-electron chi connectivity index (χ4n) is 2.41. The first-order valence-electron chi connectivity index (χ1n) is 8.43. The molecule has 0 fully saturated rings. The quantitative estimate of drug-likeness (QED) is 0.482. The van der Waals surface area contributed by atoms with Crippen molar-refractivity contribution < 1.29 is 19.1 Å². The number of carbonyl (C=O) groups is 2. The molecule has 3 aromatic rings. The molecule has 2 aromatic carbocycles. The summed E-state index contributed by atoms with van der Waals surface area (Å²) in [7, 11) is 0. The Bertz CT molecular complexity index is 921. The van der Waals surface area contributed by atoms with Gasteiger partial charge in [0.15, 0.2) is 0 Å². The number of benzene rings is 2. The lowest BCUT2D eigenvalue weighted by atomic mass is 10.2. The van der Waals surface area contributed by atoms with Gasteiger partial charge in [0.1, 0.15) is 19.0 Å². The van der Waals surface area contributed by atoms with Gasteiger partial charge in [-0.25, -0.2) is 4.79 Å². The molecule has 0 saturated carbocycles. The Kier molecular flexibility index (Phi) is 6.22. The van der Waals surface area contributed by atoms with Crippen LogP contribution in [-0.2, 0) is 4.74 Å². The number of nitrogens with one attached hydrogen (secondary N) is 1. The number of anilines is 1. The van der Waals surface area contributed by atoms with E-state index >= 15 is 0 Å². The summed E-state index contributed by atoms with van der Waals surface area (Å²) in [5, 5.41) is 4.61. The number of esters is 1. The Hall–Kier alpha value is -3.12. The topological polar surface area (TPSA) is 64.6 Å². The lowest BCUT2D eigenvalue weighted by Crippen LogP contribution is -2.14. The van der Waals surface area contributed by atoms with Crippen LogP contribution in [0.4, 0.5) is 5.69 Å². The van der Waals surface area contributed by atoms with Gasteiger partial charge in [0, 0.05) is 5.69 Å². The Labute approximate surface area is 161 Å². The molecule has 0 aliphatic carbocycles. The van der Waals surface area contributed by atoms with Gasteiger partial charge in [-0.05, 0) is 54.3 Å². The van der Waals surface area contributed by atoms with E-state index in [0.29, 0.717) is 16.1 Å². The summed E-state index contributed by atoms with van der Waals surface area (Å²) in [6.45, 7) is 2.39. The Morgan fingerprint density at radius 1 is 1.00 bits per heavy atom. The van der Waals surface area contributed by atoms with E-state index in [4.69, 9.17) is 9.47 Å². The minimum atomic E-state index is -0.463. The van der Waals surface area contributed by atoms with Crippen molar-refractivity contribution in [1.29, 1.82) is 0 Å². The van der Waals surface area contributed by atoms with Crippen molar-refractivity contribution in [2.45, 2.75) is 6.92 Å². The first-order chi connectivity index (χ1) is 13.1. The Morgan fingerprint density at radius 3 is 2.63 bits per heavy atom. The minimum Gasteiger partial charge on any atom is -0.490 e. The molecular formula is C21H19NO4S. The van der Waals surface area contributed by atoms with Crippen LogP contribution >= 0.6 is 11.3 Å². The zero-order valence-corrected chi connectivity index (χ0v) is 15.6. The molecule has 0 spiro atoms. The molecule has 1 aromatic heterocycles. The molecular weight excluding hydrogens is 362 g/mol. The molecule has 0 unspecified atom stereocenters. The second kappa shape index (κ2) is 9.00. The van der Waals surface area contributed by atoms with Crippen LogP contribution in [0.25, 0.3) is 0 Å². The van der Waals surface area contributed by atoms with E-state index in [0.717, 1.165) is 11.3 Å². The van der Waals surface area contributed by atoms with Crippen molar-refractivity contribution in [3.8, 4) is 5.75 Å². The molecule has 0 atom stereocenters. The maximum Gasteiger partial charge on any atom is 0.338 e. The molecule has 0 aliphatic rings. The summed E-state index contributed by atoms with van der Waals surface area (Å²) in [4.78, 5) is 24.9. The number of thiophene rings is 1. The zero-order valence-electron chi connectivity index (χ0n) is 14.8. The van der Waals surface area contributed by atoms with E-state index in [1.54, 1.807) is 30.3 Å². The smallest absolute Gasteiger partial charge is 0.338 e. The molecule has 6 heteroatoms. The van der Waals surface area contributed by atoms with Crippen molar-refractivity contribution in [2.24, 2.45) is 0 Å². The van der Waals surface area contributed by atoms with E-state index in [2.05, 4.69) is 5.32 Å². The molecule has 0 bridgehead atoms. The van der Waals surface area contributed by atoms with Crippen molar-refractivity contribution in [1.82, 2.24) is 0 Å². The van der Waals surface area contributed by atoms with E-state index in [1.807, 2.05) is 42.6 Å². The second-order valence-corrected chi connectivity index (χ2v) is 6.76. The van der Waals surface area contributed by atoms with Gasteiger partial charge >= 0.3 is 5.97 Å². The van der Waals surface area contributed by atoms with Gasteiger partial charge in [-0.15, -0.1) is 11.3 Å².